The molecule has 2 unspecified atom stereocenters. The first-order valence-corrected chi connectivity index (χ1v) is 10.9. The summed E-state index contributed by atoms with van der Waals surface area (Å²) in [6.45, 7) is 0. The molecule has 1 N–H and O–H groups in total. The number of aromatic nitrogens is 3. The number of nitrogens with one attached hydrogen (secondary N) is 1. The van der Waals surface area contributed by atoms with Crippen LogP contribution in [0.4, 0.5) is 11.4 Å². The lowest BCUT2D eigenvalue weighted by Gasteiger charge is -2.29. The van der Waals surface area contributed by atoms with Crippen LogP contribution in [0.1, 0.15) is 23.5 Å². The summed E-state index contributed by atoms with van der Waals surface area (Å²) in [5.74, 6) is 0. The van der Waals surface area contributed by atoms with Gasteiger partial charge in [0.1, 0.15) is 6.04 Å². The number of hydrogen-bond donors (Lipinski definition) is 1. The highest BCUT2D eigenvalue weighted by atomic mass is 32.1. The number of pyridine rings is 2. The number of thiocarbonyl (C=S) groups is 1. The molecular weight excluding hydrogens is 416 g/mol. The lowest BCUT2D eigenvalue weighted by atomic mass is 10.0. The first kappa shape index (κ1) is 20.2. The van der Waals surface area contributed by atoms with Gasteiger partial charge in [0.05, 0.1) is 23.6 Å². The topological polar surface area (TPSA) is 49.2 Å². The Morgan fingerprint density at radius 2 is 1.75 bits per heavy atom. The molecule has 2 atom stereocenters. The molecule has 5 rings (SSSR count). The Kier molecular flexibility index (Phi) is 5.33. The van der Waals surface area contributed by atoms with E-state index >= 15 is 0 Å². The third kappa shape index (κ3) is 3.61. The molecule has 0 amide bonds. The van der Waals surface area contributed by atoms with Gasteiger partial charge in [-0.15, -0.1) is 0 Å². The summed E-state index contributed by atoms with van der Waals surface area (Å²) in [5.41, 5.74) is 5.25. The van der Waals surface area contributed by atoms with Gasteiger partial charge in [0, 0.05) is 49.8 Å². The standard InChI is InChI=1S/C25H24N6S/c1-29(2)18-10-12-19(13-11-18)31-24(23(28-25(31)32)21-8-3-4-15-27-21)22-9-6-16-30(22)20-7-5-14-26-17-20/h3-17,23-24H,1-2H3,(H,28,32). The Bertz CT molecular complexity index is 1200. The Morgan fingerprint density at radius 1 is 0.906 bits per heavy atom. The number of anilines is 2. The van der Waals surface area contributed by atoms with Gasteiger partial charge in [-0.05, 0) is 72.9 Å². The molecule has 1 aromatic carbocycles. The van der Waals surface area contributed by atoms with Gasteiger partial charge < -0.3 is 19.7 Å². The average molecular weight is 441 g/mol. The largest absolute Gasteiger partial charge is 0.378 e. The van der Waals surface area contributed by atoms with Crippen LogP contribution < -0.4 is 15.1 Å². The fourth-order valence-electron chi connectivity index (χ4n) is 4.21. The Labute approximate surface area is 193 Å². The maximum atomic E-state index is 5.85. The van der Waals surface area contributed by atoms with Gasteiger partial charge in [0.15, 0.2) is 5.11 Å². The van der Waals surface area contributed by atoms with Gasteiger partial charge >= 0.3 is 0 Å². The smallest absolute Gasteiger partial charge is 0.174 e. The molecule has 6 nitrogen and oxygen atoms in total. The van der Waals surface area contributed by atoms with Crippen molar-refractivity contribution in [3.63, 3.8) is 0 Å². The van der Waals surface area contributed by atoms with Gasteiger partial charge in [0.2, 0.25) is 0 Å². The molecule has 0 spiro atoms. The number of nitrogens with zero attached hydrogens (tertiary/aromatic N) is 5. The zero-order valence-electron chi connectivity index (χ0n) is 18.0. The fourth-order valence-corrected chi connectivity index (χ4v) is 4.56. The minimum Gasteiger partial charge on any atom is -0.378 e. The van der Waals surface area contributed by atoms with E-state index in [9.17, 15) is 0 Å². The van der Waals surface area contributed by atoms with E-state index in [0.717, 1.165) is 28.5 Å². The number of rotatable bonds is 5. The van der Waals surface area contributed by atoms with Crippen molar-refractivity contribution in [2.75, 3.05) is 23.9 Å². The fraction of sp³-hybridized carbons (Fsp3) is 0.160. The second-order valence-corrected chi connectivity index (χ2v) is 8.31. The SMILES string of the molecule is CN(C)c1ccc(N2C(=S)NC(c3ccccn3)C2c2cccn2-c2cccnc2)cc1. The molecule has 0 aliphatic carbocycles. The highest BCUT2D eigenvalue weighted by Crippen LogP contribution is 2.42. The van der Waals surface area contributed by atoms with E-state index in [1.165, 1.54) is 0 Å². The van der Waals surface area contributed by atoms with Crippen LogP contribution in [0.25, 0.3) is 5.69 Å². The quantitative estimate of drug-likeness (QED) is 0.461. The molecule has 1 aliphatic heterocycles. The van der Waals surface area contributed by atoms with Crippen molar-refractivity contribution < 1.29 is 0 Å². The molecule has 0 radical (unpaired) electrons. The van der Waals surface area contributed by atoms with Crippen LogP contribution in [-0.4, -0.2) is 33.7 Å². The van der Waals surface area contributed by atoms with Crippen molar-refractivity contribution in [3.05, 3.63) is 103 Å². The van der Waals surface area contributed by atoms with Gasteiger partial charge in [-0.3, -0.25) is 9.97 Å². The van der Waals surface area contributed by atoms with E-state index in [-0.39, 0.29) is 12.1 Å². The summed E-state index contributed by atoms with van der Waals surface area (Å²) in [4.78, 5) is 13.2. The first-order valence-electron chi connectivity index (χ1n) is 10.5. The molecule has 0 bridgehead atoms. The zero-order chi connectivity index (χ0) is 22.1. The second-order valence-electron chi connectivity index (χ2n) is 7.92. The lowest BCUT2D eigenvalue weighted by molar-refractivity contribution is 0.549. The average Bonchev–Trinajstić information content (AvgIpc) is 3.44. The summed E-state index contributed by atoms with van der Waals surface area (Å²) < 4.78 is 2.17. The molecule has 1 fully saturated rings. The molecule has 4 heterocycles. The molecule has 4 aromatic rings. The van der Waals surface area contributed by atoms with Crippen LogP contribution in [0.3, 0.4) is 0 Å². The Hall–Kier alpha value is -3.71. The van der Waals surface area contributed by atoms with Crippen molar-refractivity contribution in [1.29, 1.82) is 0 Å². The van der Waals surface area contributed by atoms with Crippen LogP contribution >= 0.6 is 12.2 Å². The summed E-state index contributed by atoms with van der Waals surface area (Å²) in [6, 6.07) is 22.5. The summed E-state index contributed by atoms with van der Waals surface area (Å²) >= 11 is 5.85. The molecular formula is C25H24N6S. The summed E-state index contributed by atoms with van der Waals surface area (Å²) in [7, 11) is 4.08. The van der Waals surface area contributed by atoms with E-state index < -0.39 is 0 Å². The van der Waals surface area contributed by atoms with Crippen molar-refractivity contribution in [3.8, 4) is 5.69 Å². The summed E-state index contributed by atoms with van der Waals surface area (Å²) in [5, 5.41) is 4.21. The van der Waals surface area contributed by atoms with Crippen molar-refractivity contribution >= 4 is 28.7 Å². The predicted octanol–water partition coefficient (Wildman–Crippen LogP) is 4.51. The number of hydrogen-bond acceptors (Lipinski definition) is 4. The highest BCUT2D eigenvalue weighted by molar-refractivity contribution is 7.80. The van der Waals surface area contributed by atoms with Crippen LogP contribution in [-0.2, 0) is 0 Å². The monoisotopic (exact) mass is 440 g/mol. The minimum absolute atomic E-state index is 0.0854. The van der Waals surface area contributed by atoms with Crippen molar-refractivity contribution in [2.45, 2.75) is 12.1 Å². The van der Waals surface area contributed by atoms with E-state index in [1.807, 2.05) is 50.8 Å². The molecule has 32 heavy (non-hydrogen) atoms. The maximum Gasteiger partial charge on any atom is 0.174 e. The van der Waals surface area contributed by atoms with Crippen LogP contribution in [0.2, 0.25) is 0 Å². The van der Waals surface area contributed by atoms with Crippen LogP contribution in [0.5, 0.6) is 0 Å². The molecule has 1 saturated heterocycles. The third-order valence-electron chi connectivity index (χ3n) is 5.75. The van der Waals surface area contributed by atoms with Gasteiger partial charge in [0.25, 0.3) is 0 Å². The van der Waals surface area contributed by atoms with Crippen LogP contribution in [0.15, 0.2) is 91.5 Å². The van der Waals surface area contributed by atoms with Crippen molar-refractivity contribution in [1.82, 2.24) is 19.9 Å². The van der Waals surface area contributed by atoms with E-state index in [2.05, 4.69) is 78.3 Å². The minimum atomic E-state index is -0.0949. The van der Waals surface area contributed by atoms with E-state index in [0.29, 0.717) is 5.11 Å². The molecule has 1 aliphatic rings. The van der Waals surface area contributed by atoms with E-state index in [4.69, 9.17) is 12.2 Å². The normalized spacial score (nSPS) is 17.9. The molecule has 3 aromatic heterocycles. The van der Waals surface area contributed by atoms with Crippen molar-refractivity contribution in [2.24, 2.45) is 0 Å². The molecule has 7 heteroatoms. The third-order valence-corrected chi connectivity index (χ3v) is 6.06. The summed E-state index contributed by atoms with van der Waals surface area (Å²) in [6.07, 6.45) is 7.55. The van der Waals surface area contributed by atoms with Crippen LogP contribution in [0, 0.1) is 0 Å². The Morgan fingerprint density at radius 3 is 2.44 bits per heavy atom. The highest BCUT2D eigenvalue weighted by Gasteiger charge is 2.42. The Balaban J connectivity index is 1.64. The maximum absolute atomic E-state index is 5.85. The van der Waals surface area contributed by atoms with E-state index in [1.54, 1.807) is 6.20 Å². The molecule has 160 valence electrons. The number of benzene rings is 1. The second kappa shape index (κ2) is 8.43. The molecule has 0 saturated carbocycles. The lowest BCUT2D eigenvalue weighted by Crippen LogP contribution is -2.30. The zero-order valence-corrected chi connectivity index (χ0v) is 18.8. The van der Waals surface area contributed by atoms with Gasteiger partial charge in [-0.1, -0.05) is 6.07 Å². The predicted molar refractivity (Wildman–Crippen MR) is 132 cm³/mol. The van der Waals surface area contributed by atoms with Gasteiger partial charge in [-0.25, -0.2) is 0 Å². The first-order chi connectivity index (χ1) is 15.6. The van der Waals surface area contributed by atoms with Gasteiger partial charge in [-0.2, -0.15) is 0 Å².